The standard InChI is InChI=1S/C26H22N2O3S2/c29-24(27-21-6-3-5-19(15-21)26-32-12-13-33-26)14-17-8-10-20(11-9-17)28-25(30)23-16-18-4-1-2-7-22(18)31-23/h1-11,15-16,26H,12-14H2,(H,27,29)(H,28,30). The highest BCUT2D eigenvalue weighted by Crippen LogP contribution is 2.45. The lowest BCUT2D eigenvalue weighted by molar-refractivity contribution is -0.115. The maximum absolute atomic E-state index is 12.5. The Morgan fingerprint density at radius 2 is 1.64 bits per heavy atom. The molecule has 2 amide bonds. The second kappa shape index (κ2) is 9.77. The van der Waals surface area contributed by atoms with Crippen molar-refractivity contribution in [3.05, 3.63) is 95.7 Å². The molecule has 0 bridgehead atoms. The van der Waals surface area contributed by atoms with Crippen LogP contribution in [0, 0.1) is 0 Å². The van der Waals surface area contributed by atoms with Gasteiger partial charge in [0.2, 0.25) is 5.91 Å². The molecule has 1 aliphatic heterocycles. The number of carbonyl (C=O) groups is 2. The monoisotopic (exact) mass is 474 g/mol. The number of thioether (sulfide) groups is 2. The van der Waals surface area contributed by atoms with E-state index >= 15 is 0 Å². The van der Waals surface area contributed by atoms with Crippen molar-refractivity contribution in [3.8, 4) is 0 Å². The molecule has 7 heteroatoms. The number of fused-ring (bicyclic) bond motifs is 1. The van der Waals surface area contributed by atoms with Gasteiger partial charge in [0.15, 0.2) is 5.76 Å². The Morgan fingerprint density at radius 3 is 2.42 bits per heavy atom. The summed E-state index contributed by atoms with van der Waals surface area (Å²) < 4.78 is 6.06. The third-order valence-corrected chi connectivity index (χ3v) is 8.39. The van der Waals surface area contributed by atoms with Gasteiger partial charge in [-0.2, -0.15) is 0 Å². The van der Waals surface area contributed by atoms with Gasteiger partial charge in [-0.3, -0.25) is 9.59 Å². The molecule has 1 aliphatic rings. The summed E-state index contributed by atoms with van der Waals surface area (Å²) >= 11 is 3.89. The van der Waals surface area contributed by atoms with Gasteiger partial charge in [-0.05, 0) is 47.5 Å². The normalized spacial score (nSPS) is 13.8. The molecule has 0 spiro atoms. The summed E-state index contributed by atoms with van der Waals surface area (Å²) in [5, 5.41) is 6.72. The van der Waals surface area contributed by atoms with Crippen LogP contribution in [0.2, 0.25) is 0 Å². The average molecular weight is 475 g/mol. The summed E-state index contributed by atoms with van der Waals surface area (Å²) in [5.74, 6) is 2.21. The van der Waals surface area contributed by atoms with Crippen molar-refractivity contribution in [1.29, 1.82) is 0 Å². The fourth-order valence-electron chi connectivity index (χ4n) is 3.70. The molecule has 1 aromatic heterocycles. The molecule has 0 atom stereocenters. The maximum atomic E-state index is 12.5. The lowest BCUT2D eigenvalue weighted by atomic mass is 10.1. The first-order chi connectivity index (χ1) is 16.1. The Kier molecular flexibility index (Phi) is 6.41. The van der Waals surface area contributed by atoms with Crippen LogP contribution in [0.15, 0.2) is 83.3 Å². The predicted molar refractivity (Wildman–Crippen MR) is 137 cm³/mol. The number of rotatable bonds is 6. The summed E-state index contributed by atoms with van der Waals surface area (Å²) in [4.78, 5) is 25.0. The van der Waals surface area contributed by atoms with E-state index in [-0.39, 0.29) is 24.0 Å². The van der Waals surface area contributed by atoms with Crippen LogP contribution in [0.25, 0.3) is 11.0 Å². The van der Waals surface area contributed by atoms with E-state index in [1.165, 1.54) is 17.1 Å². The molecule has 2 heterocycles. The van der Waals surface area contributed by atoms with Gasteiger partial charge >= 0.3 is 0 Å². The first-order valence-electron chi connectivity index (χ1n) is 10.7. The highest BCUT2D eigenvalue weighted by atomic mass is 32.2. The third kappa shape index (κ3) is 5.26. The minimum Gasteiger partial charge on any atom is -0.451 e. The fraction of sp³-hybridized carbons (Fsp3) is 0.154. The van der Waals surface area contributed by atoms with E-state index in [4.69, 9.17) is 4.42 Å². The lowest BCUT2D eigenvalue weighted by Crippen LogP contribution is -2.15. The van der Waals surface area contributed by atoms with Gasteiger partial charge < -0.3 is 15.1 Å². The molecular weight excluding hydrogens is 452 g/mol. The molecule has 0 radical (unpaired) electrons. The van der Waals surface area contributed by atoms with Crippen LogP contribution in [0.4, 0.5) is 11.4 Å². The summed E-state index contributed by atoms with van der Waals surface area (Å²) in [6, 6.07) is 24.6. The van der Waals surface area contributed by atoms with E-state index in [1.54, 1.807) is 18.2 Å². The zero-order valence-electron chi connectivity index (χ0n) is 17.7. The molecular formula is C26H22N2O3S2. The Balaban J connectivity index is 1.18. The van der Waals surface area contributed by atoms with Crippen molar-refractivity contribution in [2.45, 2.75) is 11.0 Å². The van der Waals surface area contributed by atoms with Crippen molar-refractivity contribution >= 4 is 57.7 Å². The number of para-hydroxylation sites is 1. The minimum atomic E-state index is -0.310. The summed E-state index contributed by atoms with van der Waals surface area (Å²) in [6.07, 6.45) is 0.259. The Bertz CT molecular complexity index is 1260. The first kappa shape index (κ1) is 21.7. The number of benzene rings is 3. The Labute approximate surface area is 200 Å². The molecule has 5 rings (SSSR count). The van der Waals surface area contributed by atoms with E-state index in [9.17, 15) is 9.59 Å². The van der Waals surface area contributed by atoms with Crippen LogP contribution >= 0.6 is 23.5 Å². The van der Waals surface area contributed by atoms with Crippen molar-refractivity contribution in [3.63, 3.8) is 0 Å². The zero-order valence-corrected chi connectivity index (χ0v) is 19.4. The second-order valence-corrected chi connectivity index (χ2v) is 10.4. The van der Waals surface area contributed by atoms with E-state index < -0.39 is 0 Å². The summed E-state index contributed by atoms with van der Waals surface area (Å²) in [7, 11) is 0. The molecule has 2 N–H and O–H groups in total. The van der Waals surface area contributed by atoms with Crippen LogP contribution in [0.3, 0.4) is 0 Å². The number of carbonyl (C=O) groups excluding carboxylic acids is 2. The fourth-order valence-corrected chi connectivity index (χ4v) is 6.54. The van der Waals surface area contributed by atoms with Crippen LogP contribution in [0.5, 0.6) is 0 Å². The van der Waals surface area contributed by atoms with Gasteiger partial charge in [0.25, 0.3) is 5.91 Å². The molecule has 166 valence electrons. The lowest BCUT2D eigenvalue weighted by Gasteiger charge is -2.11. The Hall–Kier alpha value is -3.16. The van der Waals surface area contributed by atoms with E-state index in [0.29, 0.717) is 15.9 Å². The topological polar surface area (TPSA) is 71.3 Å². The molecule has 0 unspecified atom stereocenters. The van der Waals surface area contributed by atoms with Crippen LogP contribution < -0.4 is 10.6 Å². The summed E-state index contributed by atoms with van der Waals surface area (Å²) in [6.45, 7) is 0. The molecule has 4 aromatic rings. The van der Waals surface area contributed by atoms with Gasteiger partial charge in [0, 0.05) is 28.3 Å². The molecule has 0 saturated carbocycles. The highest BCUT2D eigenvalue weighted by molar-refractivity contribution is 8.19. The number of nitrogens with one attached hydrogen (secondary N) is 2. The smallest absolute Gasteiger partial charge is 0.291 e. The minimum absolute atomic E-state index is 0.0714. The third-order valence-electron chi connectivity index (χ3n) is 5.29. The van der Waals surface area contributed by atoms with Crippen LogP contribution in [-0.4, -0.2) is 23.3 Å². The second-order valence-electron chi connectivity index (χ2n) is 7.72. The average Bonchev–Trinajstić information content (AvgIpc) is 3.51. The quantitative estimate of drug-likeness (QED) is 0.341. The number of furan rings is 1. The van der Waals surface area contributed by atoms with E-state index in [1.807, 2.05) is 72.1 Å². The zero-order chi connectivity index (χ0) is 22.6. The molecule has 1 saturated heterocycles. The van der Waals surface area contributed by atoms with Crippen molar-refractivity contribution in [2.75, 3.05) is 22.1 Å². The highest BCUT2D eigenvalue weighted by Gasteiger charge is 2.18. The molecule has 33 heavy (non-hydrogen) atoms. The van der Waals surface area contributed by atoms with E-state index in [2.05, 4.69) is 22.8 Å². The SMILES string of the molecule is O=C(Cc1ccc(NC(=O)c2cc3ccccc3o2)cc1)Nc1cccc(C2SCCS2)c1. The number of anilines is 2. The molecule has 1 fully saturated rings. The van der Waals surface area contributed by atoms with Gasteiger partial charge in [-0.15, -0.1) is 23.5 Å². The maximum Gasteiger partial charge on any atom is 0.291 e. The number of amides is 2. The largest absolute Gasteiger partial charge is 0.451 e. The molecule has 0 aliphatic carbocycles. The van der Waals surface area contributed by atoms with Crippen LogP contribution in [-0.2, 0) is 11.2 Å². The van der Waals surface area contributed by atoms with Gasteiger partial charge in [-0.25, -0.2) is 0 Å². The van der Waals surface area contributed by atoms with Crippen molar-refractivity contribution in [1.82, 2.24) is 0 Å². The molecule has 3 aromatic carbocycles. The Morgan fingerprint density at radius 1 is 0.848 bits per heavy atom. The summed E-state index contributed by atoms with van der Waals surface area (Å²) in [5.41, 5.74) is 4.25. The van der Waals surface area contributed by atoms with Gasteiger partial charge in [-0.1, -0.05) is 42.5 Å². The van der Waals surface area contributed by atoms with Crippen LogP contribution in [0.1, 0.15) is 26.3 Å². The van der Waals surface area contributed by atoms with Crippen molar-refractivity contribution in [2.24, 2.45) is 0 Å². The number of hydrogen-bond acceptors (Lipinski definition) is 5. The molecule has 5 nitrogen and oxygen atoms in total. The first-order valence-corrected chi connectivity index (χ1v) is 12.8. The van der Waals surface area contributed by atoms with Gasteiger partial charge in [0.05, 0.1) is 11.0 Å². The van der Waals surface area contributed by atoms with Gasteiger partial charge in [0.1, 0.15) is 5.58 Å². The van der Waals surface area contributed by atoms with Crippen molar-refractivity contribution < 1.29 is 14.0 Å². The van der Waals surface area contributed by atoms with E-state index in [0.717, 1.165) is 16.6 Å². The predicted octanol–water partition coefficient (Wildman–Crippen LogP) is 6.34. The number of hydrogen-bond donors (Lipinski definition) is 2.